The smallest absolute Gasteiger partial charge is 0.129 e. The second-order valence-electron chi connectivity index (χ2n) is 3.77. The van der Waals surface area contributed by atoms with E-state index in [0.29, 0.717) is 11.6 Å². The molecule has 90 valence electrons. The Balaban J connectivity index is 2.66. The van der Waals surface area contributed by atoms with Crippen molar-refractivity contribution in [2.45, 2.75) is 13.5 Å². The van der Waals surface area contributed by atoms with Crippen molar-refractivity contribution < 1.29 is 4.74 Å². The number of rotatable bonds is 3. The van der Waals surface area contributed by atoms with E-state index in [1.807, 2.05) is 19.1 Å². The minimum atomic E-state index is 0.393. The first-order chi connectivity index (χ1) is 8.17. The third-order valence-electron chi connectivity index (χ3n) is 2.66. The Labute approximate surface area is 105 Å². The molecule has 1 aromatic carbocycles. The maximum atomic E-state index is 6.07. The normalized spacial score (nSPS) is 10.6. The van der Waals surface area contributed by atoms with E-state index in [1.165, 1.54) is 0 Å². The molecule has 0 aliphatic rings. The van der Waals surface area contributed by atoms with Crippen LogP contribution < -0.4 is 10.5 Å². The number of halogens is 1. The largest absolute Gasteiger partial charge is 0.496 e. The molecule has 2 rings (SSSR count). The highest BCUT2D eigenvalue weighted by atomic mass is 35.5. The number of methoxy groups -OCH3 is 1. The van der Waals surface area contributed by atoms with Crippen LogP contribution in [-0.4, -0.2) is 17.3 Å². The van der Waals surface area contributed by atoms with Crippen molar-refractivity contribution >= 4 is 11.6 Å². The highest BCUT2D eigenvalue weighted by Crippen LogP contribution is 2.36. The van der Waals surface area contributed by atoms with Gasteiger partial charge in [-0.3, -0.25) is 5.10 Å². The molecule has 0 aliphatic heterocycles. The number of hydrogen-bond acceptors (Lipinski definition) is 3. The number of aryl methyl sites for hydroxylation is 1. The Morgan fingerprint density at radius 3 is 2.82 bits per heavy atom. The highest BCUT2D eigenvalue weighted by Gasteiger charge is 2.14. The number of H-pyrrole nitrogens is 1. The average Bonchev–Trinajstić information content (AvgIpc) is 2.75. The standard InChI is InChI=1S/C12H14ClN3O/c1-7-3-8(13)4-9(12(7)17-2)10-6-15-16-11(10)5-14/h3-4,6H,5,14H2,1-2H3,(H,15,16). The number of hydrogen-bond donors (Lipinski definition) is 2. The Kier molecular flexibility index (Phi) is 3.36. The SMILES string of the molecule is COc1c(C)cc(Cl)cc1-c1cn[nH]c1CN. The van der Waals surface area contributed by atoms with Crippen molar-refractivity contribution in [3.05, 3.63) is 34.6 Å². The first kappa shape index (κ1) is 12.0. The van der Waals surface area contributed by atoms with Crippen LogP contribution in [0.25, 0.3) is 11.1 Å². The van der Waals surface area contributed by atoms with Crippen LogP contribution in [0.15, 0.2) is 18.3 Å². The molecular formula is C12H14ClN3O. The molecule has 2 aromatic rings. The maximum Gasteiger partial charge on any atom is 0.129 e. The fourth-order valence-corrected chi connectivity index (χ4v) is 2.17. The number of aromatic nitrogens is 2. The van der Waals surface area contributed by atoms with Crippen molar-refractivity contribution in [2.75, 3.05) is 7.11 Å². The third kappa shape index (κ3) is 2.14. The van der Waals surface area contributed by atoms with Gasteiger partial charge in [0.05, 0.1) is 19.0 Å². The zero-order chi connectivity index (χ0) is 12.4. The summed E-state index contributed by atoms with van der Waals surface area (Å²) in [6, 6.07) is 3.73. The van der Waals surface area contributed by atoms with Crippen molar-refractivity contribution in [2.24, 2.45) is 5.73 Å². The predicted octanol–water partition coefficient (Wildman–Crippen LogP) is 2.51. The summed E-state index contributed by atoms with van der Waals surface area (Å²) in [5.74, 6) is 0.797. The van der Waals surface area contributed by atoms with Crippen LogP contribution in [-0.2, 0) is 6.54 Å². The molecule has 17 heavy (non-hydrogen) atoms. The van der Waals surface area contributed by atoms with E-state index < -0.39 is 0 Å². The Morgan fingerprint density at radius 1 is 1.41 bits per heavy atom. The van der Waals surface area contributed by atoms with Crippen molar-refractivity contribution in [1.29, 1.82) is 0 Å². The summed E-state index contributed by atoms with van der Waals surface area (Å²) in [6.45, 7) is 2.35. The van der Waals surface area contributed by atoms with Crippen molar-refractivity contribution in [1.82, 2.24) is 10.2 Å². The monoisotopic (exact) mass is 251 g/mol. The molecule has 0 bridgehead atoms. The predicted molar refractivity (Wildman–Crippen MR) is 68.2 cm³/mol. The summed E-state index contributed by atoms with van der Waals surface area (Å²) in [5.41, 5.74) is 9.34. The number of aromatic amines is 1. The van der Waals surface area contributed by atoms with E-state index in [9.17, 15) is 0 Å². The molecule has 0 atom stereocenters. The number of ether oxygens (including phenoxy) is 1. The first-order valence-electron chi connectivity index (χ1n) is 5.24. The third-order valence-corrected chi connectivity index (χ3v) is 2.87. The molecular weight excluding hydrogens is 238 g/mol. The minimum Gasteiger partial charge on any atom is -0.496 e. The van der Waals surface area contributed by atoms with Crippen LogP contribution in [0.4, 0.5) is 0 Å². The molecule has 1 aromatic heterocycles. The van der Waals surface area contributed by atoms with Gasteiger partial charge in [0.1, 0.15) is 5.75 Å². The Hall–Kier alpha value is -1.52. The van der Waals surface area contributed by atoms with Gasteiger partial charge in [0.25, 0.3) is 0 Å². The molecule has 0 saturated heterocycles. The van der Waals surface area contributed by atoms with E-state index in [4.69, 9.17) is 22.1 Å². The van der Waals surface area contributed by atoms with E-state index in [2.05, 4.69) is 10.2 Å². The molecule has 0 radical (unpaired) electrons. The molecule has 0 unspecified atom stereocenters. The second kappa shape index (κ2) is 4.77. The van der Waals surface area contributed by atoms with E-state index in [-0.39, 0.29) is 0 Å². The second-order valence-corrected chi connectivity index (χ2v) is 4.21. The van der Waals surface area contributed by atoms with E-state index >= 15 is 0 Å². The Bertz CT molecular complexity index is 537. The van der Waals surface area contributed by atoms with Gasteiger partial charge in [-0.1, -0.05) is 11.6 Å². The molecule has 0 spiro atoms. The van der Waals surface area contributed by atoms with Crippen LogP contribution in [0.1, 0.15) is 11.3 Å². The minimum absolute atomic E-state index is 0.393. The number of nitrogens with two attached hydrogens (primary N) is 1. The maximum absolute atomic E-state index is 6.07. The summed E-state index contributed by atoms with van der Waals surface area (Å²) in [6.07, 6.45) is 1.73. The van der Waals surface area contributed by atoms with Crippen LogP contribution in [0.5, 0.6) is 5.75 Å². The lowest BCUT2D eigenvalue weighted by atomic mass is 10.0. The van der Waals surface area contributed by atoms with Crippen molar-refractivity contribution in [3.8, 4) is 16.9 Å². The van der Waals surface area contributed by atoms with Crippen molar-refractivity contribution in [3.63, 3.8) is 0 Å². The molecule has 0 aliphatic carbocycles. The van der Waals surface area contributed by atoms with Gasteiger partial charge in [0, 0.05) is 22.7 Å². The quantitative estimate of drug-likeness (QED) is 0.881. The van der Waals surface area contributed by atoms with Gasteiger partial charge >= 0.3 is 0 Å². The lowest BCUT2D eigenvalue weighted by Gasteiger charge is -2.12. The van der Waals surface area contributed by atoms with Gasteiger partial charge < -0.3 is 10.5 Å². The molecule has 0 saturated carbocycles. The summed E-state index contributed by atoms with van der Waals surface area (Å²) in [5, 5.41) is 7.54. The van der Waals surface area contributed by atoms with Gasteiger partial charge in [-0.15, -0.1) is 0 Å². The highest BCUT2D eigenvalue weighted by molar-refractivity contribution is 6.31. The molecule has 1 heterocycles. The Morgan fingerprint density at radius 2 is 2.18 bits per heavy atom. The molecule has 0 amide bonds. The lowest BCUT2D eigenvalue weighted by molar-refractivity contribution is 0.413. The van der Waals surface area contributed by atoms with E-state index in [1.54, 1.807) is 13.3 Å². The van der Waals surface area contributed by atoms with Gasteiger partial charge in [-0.2, -0.15) is 5.10 Å². The zero-order valence-corrected chi connectivity index (χ0v) is 10.5. The van der Waals surface area contributed by atoms with Gasteiger partial charge in [-0.05, 0) is 24.6 Å². The van der Waals surface area contributed by atoms with Crippen LogP contribution in [0, 0.1) is 6.92 Å². The van der Waals surface area contributed by atoms with Crippen LogP contribution in [0.2, 0.25) is 5.02 Å². The average molecular weight is 252 g/mol. The zero-order valence-electron chi connectivity index (χ0n) is 9.75. The summed E-state index contributed by atoms with van der Waals surface area (Å²) in [4.78, 5) is 0. The van der Waals surface area contributed by atoms with Crippen LogP contribution in [0.3, 0.4) is 0 Å². The topological polar surface area (TPSA) is 63.9 Å². The number of benzene rings is 1. The lowest BCUT2D eigenvalue weighted by Crippen LogP contribution is -1.99. The fraction of sp³-hybridized carbons (Fsp3) is 0.250. The molecule has 3 N–H and O–H groups in total. The van der Waals surface area contributed by atoms with Crippen LogP contribution >= 0.6 is 11.6 Å². The van der Waals surface area contributed by atoms with Gasteiger partial charge in [-0.25, -0.2) is 0 Å². The molecule has 4 nitrogen and oxygen atoms in total. The first-order valence-corrected chi connectivity index (χ1v) is 5.62. The summed E-state index contributed by atoms with van der Waals surface area (Å²) < 4.78 is 5.41. The summed E-state index contributed by atoms with van der Waals surface area (Å²) in [7, 11) is 1.64. The van der Waals surface area contributed by atoms with Gasteiger partial charge in [0.2, 0.25) is 0 Å². The van der Waals surface area contributed by atoms with Gasteiger partial charge in [0.15, 0.2) is 0 Å². The fourth-order valence-electron chi connectivity index (χ4n) is 1.90. The van der Waals surface area contributed by atoms with E-state index in [0.717, 1.165) is 28.1 Å². The summed E-state index contributed by atoms with van der Waals surface area (Å²) >= 11 is 6.07. The molecule has 5 heteroatoms. The number of nitrogens with one attached hydrogen (secondary N) is 1. The molecule has 0 fully saturated rings. The number of nitrogens with zero attached hydrogens (tertiary/aromatic N) is 1.